The van der Waals surface area contributed by atoms with E-state index < -0.39 is 0 Å². The Balaban J connectivity index is 1.32. The Kier molecular flexibility index (Phi) is 3.70. The monoisotopic (exact) mass is 364 g/mol. The zero-order chi connectivity index (χ0) is 17.8. The summed E-state index contributed by atoms with van der Waals surface area (Å²) < 4.78 is 7.93. The van der Waals surface area contributed by atoms with E-state index in [0.717, 1.165) is 38.1 Å². The summed E-state index contributed by atoms with van der Waals surface area (Å²) in [6.07, 6.45) is 15.2. The van der Waals surface area contributed by atoms with Gasteiger partial charge in [-0.1, -0.05) is 6.08 Å². The molecular formula is C22H28N4O. The minimum absolute atomic E-state index is 0.609. The van der Waals surface area contributed by atoms with Gasteiger partial charge in [0.1, 0.15) is 0 Å². The molecule has 4 heterocycles. The predicted octanol–water partition coefficient (Wildman–Crippen LogP) is 3.34. The van der Waals surface area contributed by atoms with E-state index in [4.69, 9.17) is 14.7 Å². The summed E-state index contributed by atoms with van der Waals surface area (Å²) in [5.41, 5.74) is 6.94. The van der Waals surface area contributed by atoms with Gasteiger partial charge in [-0.15, -0.1) is 0 Å². The minimum atomic E-state index is 0.609. The summed E-state index contributed by atoms with van der Waals surface area (Å²) in [5.74, 6) is 1.22. The van der Waals surface area contributed by atoms with E-state index >= 15 is 0 Å². The lowest BCUT2D eigenvalue weighted by Crippen LogP contribution is -2.54. The second kappa shape index (κ2) is 6.14. The van der Waals surface area contributed by atoms with Crippen LogP contribution in [0.2, 0.25) is 0 Å². The van der Waals surface area contributed by atoms with Gasteiger partial charge in [0.2, 0.25) is 0 Å². The fourth-order valence-electron chi connectivity index (χ4n) is 5.70. The second-order valence-electron chi connectivity index (χ2n) is 9.08. The minimum Gasteiger partial charge on any atom is -0.381 e. The number of rotatable bonds is 2. The first-order chi connectivity index (χ1) is 13.3. The maximum absolute atomic E-state index is 5.58. The van der Waals surface area contributed by atoms with Crippen molar-refractivity contribution in [3.63, 3.8) is 0 Å². The summed E-state index contributed by atoms with van der Waals surface area (Å²) in [6.45, 7) is 4.21. The summed E-state index contributed by atoms with van der Waals surface area (Å²) in [5, 5.41) is 3.47. The normalized spacial score (nSPS) is 25.6. The molecule has 2 aliphatic heterocycles. The molecule has 2 aliphatic carbocycles. The van der Waals surface area contributed by atoms with Crippen molar-refractivity contribution < 1.29 is 4.74 Å². The standard InChI is InChI=1S/C22H28N4O/c1-2-18-21(17(1)15-5-9-27-10-6-15)26-12-19(25-20(26)11-24-18)16-3-7-22(8-4-16)13-23-14-22/h1,11-12,15-16,23H,2-10,13-14H2. The number of ether oxygens (including phenoxy) is 1. The summed E-state index contributed by atoms with van der Waals surface area (Å²) in [7, 11) is 0. The molecule has 2 saturated heterocycles. The highest BCUT2D eigenvalue weighted by Gasteiger charge is 2.40. The Morgan fingerprint density at radius 3 is 2.63 bits per heavy atom. The molecule has 1 saturated carbocycles. The van der Waals surface area contributed by atoms with E-state index in [2.05, 4.69) is 22.0 Å². The largest absolute Gasteiger partial charge is 0.381 e. The first-order valence-electron chi connectivity index (χ1n) is 10.7. The number of fused-ring (bicyclic) bond motifs is 3. The van der Waals surface area contributed by atoms with Gasteiger partial charge < -0.3 is 10.1 Å². The van der Waals surface area contributed by atoms with E-state index in [9.17, 15) is 0 Å². The summed E-state index contributed by atoms with van der Waals surface area (Å²) in [4.78, 5) is 9.78. The van der Waals surface area contributed by atoms with Crippen molar-refractivity contribution in [2.75, 3.05) is 26.3 Å². The van der Waals surface area contributed by atoms with Crippen molar-refractivity contribution in [2.24, 2.45) is 11.3 Å². The zero-order valence-electron chi connectivity index (χ0n) is 15.9. The number of imidazole rings is 1. The molecule has 0 radical (unpaired) electrons. The molecule has 0 amide bonds. The highest BCUT2D eigenvalue weighted by molar-refractivity contribution is 5.73. The number of nitrogens with one attached hydrogen (secondary N) is 1. The molecule has 6 rings (SSSR count). The zero-order valence-corrected chi connectivity index (χ0v) is 15.9. The van der Waals surface area contributed by atoms with Crippen LogP contribution in [0.5, 0.6) is 0 Å². The van der Waals surface area contributed by atoms with Crippen LogP contribution in [0.4, 0.5) is 0 Å². The van der Waals surface area contributed by atoms with Crippen LogP contribution in [0.15, 0.2) is 18.5 Å². The maximum Gasteiger partial charge on any atom is 0.156 e. The number of hydrogen-bond donors (Lipinski definition) is 1. The van der Waals surface area contributed by atoms with Crippen molar-refractivity contribution in [2.45, 2.75) is 50.9 Å². The van der Waals surface area contributed by atoms with Crippen molar-refractivity contribution in [3.8, 4) is 0 Å². The smallest absolute Gasteiger partial charge is 0.156 e. The molecule has 0 atom stereocenters. The Labute approximate surface area is 160 Å². The predicted molar refractivity (Wildman–Crippen MR) is 105 cm³/mol. The van der Waals surface area contributed by atoms with Crippen LogP contribution in [0.1, 0.15) is 61.5 Å². The third kappa shape index (κ3) is 2.59. The Hall–Kier alpha value is -1.72. The van der Waals surface area contributed by atoms with Gasteiger partial charge in [-0.25, -0.2) is 4.98 Å². The molecule has 1 N–H and O–H groups in total. The van der Waals surface area contributed by atoms with E-state index in [-0.39, 0.29) is 0 Å². The fraction of sp³-hybridized carbons (Fsp3) is 0.636. The van der Waals surface area contributed by atoms with Crippen LogP contribution < -0.4 is 5.32 Å². The van der Waals surface area contributed by atoms with Crippen molar-refractivity contribution in [1.29, 1.82) is 0 Å². The van der Waals surface area contributed by atoms with Crippen LogP contribution in [0.25, 0.3) is 11.2 Å². The van der Waals surface area contributed by atoms with Gasteiger partial charge in [-0.3, -0.25) is 9.38 Å². The number of hydrogen-bond acceptors (Lipinski definition) is 4. The molecule has 0 aromatic carbocycles. The van der Waals surface area contributed by atoms with Crippen LogP contribution in [-0.2, 0) is 11.2 Å². The first kappa shape index (κ1) is 16.3. The average Bonchev–Trinajstić information content (AvgIpc) is 3.31. The van der Waals surface area contributed by atoms with Crippen molar-refractivity contribution in [3.05, 3.63) is 35.6 Å². The summed E-state index contributed by atoms with van der Waals surface area (Å²) in [6, 6.07) is 0. The van der Waals surface area contributed by atoms with Crippen LogP contribution >= 0.6 is 0 Å². The Morgan fingerprint density at radius 2 is 1.89 bits per heavy atom. The molecule has 5 heteroatoms. The lowest BCUT2D eigenvalue weighted by Gasteiger charge is -2.47. The number of nitrogens with zero attached hydrogens (tertiary/aromatic N) is 3. The number of aromatic nitrogens is 3. The molecular weight excluding hydrogens is 336 g/mol. The topological polar surface area (TPSA) is 51.5 Å². The molecule has 142 valence electrons. The molecule has 4 aliphatic rings. The summed E-state index contributed by atoms with van der Waals surface area (Å²) >= 11 is 0. The SMILES string of the molecule is C1=C(C2CCOCC2)c2c(ncc3nc(C4CCC5(CC4)CNC5)cn23)C1. The van der Waals surface area contributed by atoms with Crippen LogP contribution in [0.3, 0.4) is 0 Å². The quantitative estimate of drug-likeness (QED) is 0.888. The van der Waals surface area contributed by atoms with Gasteiger partial charge in [0.25, 0.3) is 0 Å². The van der Waals surface area contributed by atoms with Gasteiger partial charge in [0.15, 0.2) is 5.65 Å². The molecule has 1 spiro atoms. The lowest BCUT2D eigenvalue weighted by molar-refractivity contribution is 0.0807. The van der Waals surface area contributed by atoms with Crippen molar-refractivity contribution >= 4 is 11.2 Å². The lowest BCUT2D eigenvalue weighted by atomic mass is 9.66. The molecule has 0 unspecified atom stereocenters. The Morgan fingerprint density at radius 1 is 1.07 bits per heavy atom. The van der Waals surface area contributed by atoms with Gasteiger partial charge in [-0.2, -0.15) is 0 Å². The molecule has 2 aromatic heterocycles. The fourth-order valence-corrected chi connectivity index (χ4v) is 5.70. The molecule has 27 heavy (non-hydrogen) atoms. The van der Waals surface area contributed by atoms with Gasteiger partial charge in [0, 0.05) is 44.8 Å². The van der Waals surface area contributed by atoms with E-state index in [0.29, 0.717) is 17.3 Å². The Bertz CT molecular complexity index is 894. The van der Waals surface area contributed by atoms with Crippen molar-refractivity contribution in [1.82, 2.24) is 19.7 Å². The van der Waals surface area contributed by atoms with Crippen LogP contribution in [0, 0.1) is 11.3 Å². The molecule has 5 nitrogen and oxygen atoms in total. The molecule has 3 fully saturated rings. The van der Waals surface area contributed by atoms with Crippen LogP contribution in [-0.4, -0.2) is 40.7 Å². The highest BCUT2D eigenvalue weighted by Crippen LogP contribution is 2.45. The number of allylic oxidation sites excluding steroid dienone is 2. The van der Waals surface area contributed by atoms with E-state index in [1.54, 1.807) is 0 Å². The average molecular weight is 364 g/mol. The third-order valence-corrected chi connectivity index (χ3v) is 7.52. The maximum atomic E-state index is 5.58. The molecule has 0 bridgehead atoms. The highest BCUT2D eigenvalue weighted by atomic mass is 16.5. The van der Waals surface area contributed by atoms with E-state index in [1.807, 2.05) is 6.20 Å². The van der Waals surface area contributed by atoms with Gasteiger partial charge in [-0.05, 0) is 55.4 Å². The second-order valence-corrected chi connectivity index (χ2v) is 9.08. The third-order valence-electron chi connectivity index (χ3n) is 7.52. The van der Waals surface area contributed by atoms with Gasteiger partial charge in [0.05, 0.1) is 23.3 Å². The van der Waals surface area contributed by atoms with Gasteiger partial charge >= 0.3 is 0 Å². The van der Waals surface area contributed by atoms with E-state index in [1.165, 1.54) is 61.4 Å². The first-order valence-corrected chi connectivity index (χ1v) is 10.7. The molecule has 2 aromatic rings.